The standard InChI is InChI=1S/C18H16FN5O2S/c1-25-9-3-4-11(10(19)7-9)23-17-14-12(21-8-22-17)5-6-13-15(14)27-18(24-13)16(20)26-2/h3-8,16H,20H2,1-2H3,(H,21,22,23). The van der Waals surface area contributed by atoms with Gasteiger partial charge in [0.15, 0.2) is 6.23 Å². The molecule has 4 rings (SSSR count). The Morgan fingerprint density at radius 3 is 2.70 bits per heavy atom. The van der Waals surface area contributed by atoms with Gasteiger partial charge in [0.05, 0.1) is 33.9 Å². The molecule has 1 unspecified atom stereocenters. The number of hydrogen-bond donors (Lipinski definition) is 2. The third-order valence-corrected chi connectivity index (χ3v) is 5.25. The van der Waals surface area contributed by atoms with Gasteiger partial charge < -0.3 is 20.5 Å². The van der Waals surface area contributed by atoms with Crippen LogP contribution in [0.25, 0.3) is 21.1 Å². The van der Waals surface area contributed by atoms with Crippen molar-refractivity contribution in [2.45, 2.75) is 6.23 Å². The summed E-state index contributed by atoms with van der Waals surface area (Å²) in [7, 11) is 3.01. The Morgan fingerprint density at radius 1 is 1.15 bits per heavy atom. The first-order chi connectivity index (χ1) is 13.1. The number of ether oxygens (including phenoxy) is 2. The molecule has 0 aliphatic rings. The van der Waals surface area contributed by atoms with Gasteiger partial charge in [-0.1, -0.05) is 0 Å². The number of nitrogens with one attached hydrogen (secondary N) is 1. The molecule has 2 heterocycles. The summed E-state index contributed by atoms with van der Waals surface area (Å²) in [6.07, 6.45) is 0.818. The molecule has 0 saturated carbocycles. The highest BCUT2D eigenvalue weighted by Gasteiger charge is 2.17. The highest BCUT2D eigenvalue weighted by Crippen LogP contribution is 2.36. The van der Waals surface area contributed by atoms with Gasteiger partial charge in [-0.3, -0.25) is 0 Å². The molecule has 9 heteroatoms. The second-order valence-electron chi connectivity index (χ2n) is 5.71. The highest BCUT2D eigenvalue weighted by molar-refractivity contribution is 7.19. The molecule has 0 saturated heterocycles. The number of hydrogen-bond acceptors (Lipinski definition) is 8. The maximum absolute atomic E-state index is 14.4. The summed E-state index contributed by atoms with van der Waals surface area (Å²) >= 11 is 1.40. The van der Waals surface area contributed by atoms with Gasteiger partial charge in [0.2, 0.25) is 0 Å². The number of fused-ring (bicyclic) bond motifs is 3. The number of benzene rings is 2. The summed E-state index contributed by atoms with van der Waals surface area (Å²) < 4.78 is 25.4. The maximum atomic E-state index is 14.4. The normalized spacial score (nSPS) is 12.4. The highest BCUT2D eigenvalue weighted by atomic mass is 32.1. The largest absolute Gasteiger partial charge is 0.497 e. The van der Waals surface area contributed by atoms with Gasteiger partial charge in [0, 0.05) is 13.2 Å². The molecule has 3 N–H and O–H groups in total. The smallest absolute Gasteiger partial charge is 0.158 e. The van der Waals surface area contributed by atoms with E-state index in [0.29, 0.717) is 16.6 Å². The molecule has 7 nitrogen and oxygen atoms in total. The van der Waals surface area contributed by atoms with E-state index in [9.17, 15) is 4.39 Å². The number of nitrogens with zero attached hydrogens (tertiary/aromatic N) is 3. The molecule has 138 valence electrons. The second kappa shape index (κ2) is 7.03. The van der Waals surface area contributed by atoms with Crippen molar-refractivity contribution in [1.29, 1.82) is 0 Å². The zero-order valence-corrected chi connectivity index (χ0v) is 15.4. The molecule has 4 aromatic rings. The van der Waals surface area contributed by atoms with E-state index in [1.807, 2.05) is 12.1 Å². The first-order valence-electron chi connectivity index (χ1n) is 8.04. The maximum Gasteiger partial charge on any atom is 0.158 e. The van der Waals surface area contributed by atoms with Crippen molar-refractivity contribution >= 4 is 44.0 Å². The van der Waals surface area contributed by atoms with E-state index in [1.54, 1.807) is 12.1 Å². The Labute approximate surface area is 158 Å². The van der Waals surface area contributed by atoms with E-state index in [0.717, 1.165) is 21.1 Å². The van der Waals surface area contributed by atoms with Crippen LogP contribution >= 0.6 is 11.3 Å². The van der Waals surface area contributed by atoms with Gasteiger partial charge in [-0.15, -0.1) is 11.3 Å². The van der Waals surface area contributed by atoms with Crippen molar-refractivity contribution in [2.75, 3.05) is 19.5 Å². The third kappa shape index (κ3) is 3.16. The fourth-order valence-electron chi connectivity index (χ4n) is 2.72. The van der Waals surface area contributed by atoms with Crippen LogP contribution in [-0.4, -0.2) is 29.2 Å². The molecular formula is C18H16FN5O2S. The average molecular weight is 385 g/mol. The van der Waals surface area contributed by atoms with Gasteiger partial charge in [-0.05, 0) is 24.3 Å². The Balaban J connectivity index is 1.86. The van der Waals surface area contributed by atoms with E-state index in [2.05, 4.69) is 20.3 Å². The van der Waals surface area contributed by atoms with Crippen LogP contribution in [0.4, 0.5) is 15.9 Å². The number of thiazole rings is 1. The molecule has 0 spiro atoms. The van der Waals surface area contributed by atoms with Crippen LogP contribution in [0, 0.1) is 5.82 Å². The van der Waals surface area contributed by atoms with Crippen LogP contribution in [0.3, 0.4) is 0 Å². The number of methoxy groups -OCH3 is 2. The molecule has 0 bridgehead atoms. The molecule has 27 heavy (non-hydrogen) atoms. The molecular weight excluding hydrogens is 369 g/mol. The summed E-state index contributed by atoms with van der Waals surface area (Å²) in [5, 5.41) is 4.44. The minimum Gasteiger partial charge on any atom is -0.497 e. The van der Waals surface area contributed by atoms with Gasteiger partial charge >= 0.3 is 0 Å². The predicted octanol–water partition coefficient (Wildman–Crippen LogP) is 3.73. The topological polar surface area (TPSA) is 95.2 Å². The lowest BCUT2D eigenvalue weighted by atomic mass is 10.2. The van der Waals surface area contributed by atoms with Crippen molar-refractivity contribution in [3.05, 3.63) is 47.5 Å². The van der Waals surface area contributed by atoms with E-state index in [4.69, 9.17) is 15.2 Å². The Morgan fingerprint density at radius 2 is 1.96 bits per heavy atom. The summed E-state index contributed by atoms with van der Waals surface area (Å²) in [4.78, 5) is 13.1. The van der Waals surface area contributed by atoms with Gasteiger partial charge in [-0.2, -0.15) is 0 Å². The van der Waals surface area contributed by atoms with Crippen LogP contribution in [0.2, 0.25) is 0 Å². The summed E-state index contributed by atoms with van der Waals surface area (Å²) in [6, 6.07) is 8.29. The van der Waals surface area contributed by atoms with E-state index in [-0.39, 0.29) is 5.69 Å². The molecule has 0 fully saturated rings. The average Bonchev–Trinajstić information content (AvgIpc) is 3.13. The monoisotopic (exact) mass is 385 g/mol. The number of anilines is 2. The lowest BCUT2D eigenvalue weighted by Crippen LogP contribution is -2.11. The Kier molecular flexibility index (Phi) is 4.56. The lowest BCUT2D eigenvalue weighted by molar-refractivity contribution is 0.109. The zero-order valence-electron chi connectivity index (χ0n) is 14.6. The Bertz CT molecular complexity index is 1130. The summed E-state index contributed by atoms with van der Waals surface area (Å²) in [6.45, 7) is 0. The summed E-state index contributed by atoms with van der Waals surface area (Å²) in [5.41, 5.74) is 7.68. The van der Waals surface area contributed by atoms with Gasteiger partial charge in [-0.25, -0.2) is 19.3 Å². The molecule has 2 aromatic carbocycles. The zero-order chi connectivity index (χ0) is 19.0. The van der Waals surface area contributed by atoms with Crippen LogP contribution in [-0.2, 0) is 4.74 Å². The van der Waals surface area contributed by atoms with E-state index >= 15 is 0 Å². The Hall–Kier alpha value is -2.88. The van der Waals surface area contributed by atoms with E-state index < -0.39 is 12.0 Å². The first-order valence-corrected chi connectivity index (χ1v) is 8.85. The second-order valence-corrected chi connectivity index (χ2v) is 6.74. The van der Waals surface area contributed by atoms with Crippen LogP contribution in [0.15, 0.2) is 36.7 Å². The molecule has 0 amide bonds. The molecule has 0 aliphatic heterocycles. The van der Waals surface area contributed by atoms with Gasteiger partial charge in [0.1, 0.15) is 28.7 Å². The number of nitrogens with two attached hydrogens (primary N) is 1. The molecule has 0 radical (unpaired) electrons. The van der Waals surface area contributed by atoms with Crippen LogP contribution in [0.1, 0.15) is 11.2 Å². The van der Waals surface area contributed by atoms with Gasteiger partial charge in [0.25, 0.3) is 0 Å². The fraction of sp³-hybridized carbons (Fsp3) is 0.167. The van der Waals surface area contributed by atoms with Crippen molar-refractivity contribution in [3.8, 4) is 5.75 Å². The minimum atomic E-state index is -0.613. The molecule has 1 atom stereocenters. The molecule has 0 aliphatic carbocycles. The van der Waals surface area contributed by atoms with Crippen molar-refractivity contribution in [2.24, 2.45) is 5.73 Å². The van der Waals surface area contributed by atoms with Crippen molar-refractivity contribution in [1.82, 2.24) is 15.0 Å². The fourth-order valence-corrected chi connectivity index (χ4v) is 3.80. The van der Waals surface area contributed by atoms with E-state index in [1.165, 1.54) is 38.0 Å². The third-order valence-electron chi connectivity index (χ3n) is 4.10. The predicted molar refractivity (Wildman–Crippen MR) is 103 cm³/mol. The number of halogens is 1. The van der Waals surface area contributed by atoms with Crippen molar-refractivity contribution in [3.63, 3.8) is 0 Å². The minimum absolute atomic E-state index is 0.283. The van der Waals surface area contributed by atoms with Crippen LogP contribution in [0.5, 0.6) is 5.75 Å². The first kappa shape index (κ1) is 17.5. The lowest BCUT2D eigenvalue weighted by Gasteiger charge is -2.10. The SMILES string of the molecule is COc1ccc(Nc2ncnc3ccc4nc(C(N)OC)sc4c23)c(F)c1. The van der Waals surface area contributed by atoms with Crippen molar-refractivity contribution < 1.29 is 13.9 Å². The van der Waals surface area contributed by atoms with Crippen LogP contribution < -0.4 is 15.8 Å². The number of rotatable bonds is 5. The number of aromatic nitrogens is 3. The quantitative estimate of drug-likeness (QED) is 0.505. The summed E-state index contributed by atoms with van der Waals surface area (Å²) in [5.74, 6) is 0.476. The molecule has 2 aromatic heterocycles.